The van der Waals surface area contributed by atoms with Crippen molar-refractivity contribution in [3.8, 4) is 0 Å². The van der Waals surface area contributed by atoms with Crippen molar-refractivity contribution in [2.75, 3.05) is 13.7 Å². The fourth-order valence-electron chi connectivity index (χ4n) is 2.45. The first-order valence-electron chi connectivity index (χ1n) is 6.44. The summed E-state index contributed by atoms with van der Waals surface area (Å²) in [6.07, 6.45) is 5.56. The molecule has 19 heavy (non-hydrogen) atoms. The first kappa shape index (κ1) is 14.2. The lowest BCUT2D eigenvalue weighted by Crippen LogP contribution is -2.68. The maximum absolute atomic E-state index is 11.9. The van der Waals surface area contributed by atoms with Gasteiger partial charge in [0.2, 0.25) is 0 Å². The number of rotatable bonds is 5. The molecule has 2 heterocycles. The van der Waals surface area contributed by atoms with Gasteiger partial charge in [-0.05, 0) is 20.3 Å². The molecule has 0 N–H and O–H groups in total. The summed E-state index contributed by atoms with van der Waals surface area (Å²) in [5.74, 6) is -0.640. The first-order valence-corrected chi connectivity index (χ1v) is 6.44. The number of ether oxygens (including phenoxy) is 3. The Morgan fingerprint density at radius 1 is 1.58 bits per heavy atom. The van der Waals surface area contributed by atoms with E-state index < -0.39 is 11.9 Å². The number of β-lactam (4-membered cyclic amide) rings is 1. The van der Waals surface area contributed by atoms with Gasteiger partial charge in [0.05, 0.1) is 6.61 Å². The van der Waals surface area contributed by atoms with Gasteiger partial charge in [-0.2, -0.15) is 0 Å². The van der Waals surface area contributed by atoms with Gasteiger partial charge in [0.1, 0.15) is 12.1 Å². The molecule has 5 heteroatoms. The Morgan fingerprint density at radius 3 is 2.84 bits per heavy atom. The number of hydrogen-bond acceptors (Lipinski definition) is 4. The third kappa shape index (κ3) is 2.73. The molecule has 2 aliphatic rings. The average Bonchev–Trinajstić information content (AvgIpc) is 2.71. The predicted molar refractivity (Wildman–Crippen MR) is 70.3 cm³/mol. The number of amides is 1. The van der Waals surface area contributed by atoms with Gasteiger partial charge in [-0.25, -0.2) is 0 Å². The van der Waals surface area contributed by atoms with Crippen LogP contribution >= 0.6 is 0 Å². The maximum Gasteiger partial charge on any atom is 0.258 e. The van der Waals surface area contributed by atoms with Crippen molar-refractivity contribution >= 4 is 5.91 Å². The molecular formula is C14H21NO4. The van der Waals surface area contributed by atoms with Gasteiger partial charge >= 0.3 is 0 Å². The zero-order valence-electron chi connectivity index (χ0n) is 11.7. The van der Waals surface area contributed by atoms with Crippen LogP contribution in [0.5, 0.6) is 0 Å². The van der Waals surface area contributed by atoms with Gasteiger partial charge in [-0.15, -0.1) is 6.58 Å². The monoisotopic (exact) mass is 267 g/mol. The molecular weight excluding hydrogens is 246 g/mol. The Balaban J connectivity index is 2.06. The summed E-state index contributed by atoms with van der Waals surface area (Å²) in [5.41, 5.74) is 0. The van der Waals surface area contributed by atoms with Crippen molar-refractivity contribution in [1.29, 1.82) is 0 Å². The molecule has 1 amide bonds. The minimum atomic E-state index is -0.599. The van der Waals surface area contributed by atoms with Crippen molar-refractivity contribution in [2.24, 2.45) is 0 Å². The van der Waals surface area contributed by atoms with E-state index >= 15 is 0 Å². The van der Waals surface area contributed by atoms with Crippen molar-refractivity contribution < 1.29 is 19.0 Å². The van der Waals surface area contributed by atoms with Crippen LogP contribution in [0.1, 0.15) is 20.3 Å². The van der Waals surface area contributed by atoms with E-state index in [0.29, 0.717) is 6.61 Å². The van der Waals surface area contributed by atoms with Crippen LogP contribution in [0.2, 0.25) is 0 Å². The smallest absolute Gasteiger partial charge is 0.258 e. The van der Waals surface area contributed by atoms with E-state index in [4.69, 9.17) is 14.2 Å². The highest BCUT2D eigenvalue weighted by Gasteiger charge is 2.54. The third-order valence-corrected chi connectivity index (χ3v) is 3.36. The van der Waals surface area contributed by atoms with Crippen molar-refractivity contribution in [1.82, 2.24) is 4.90 Å². The number of methoxy groups -OCH3 is 1. The highest BCUT2D eigenvalue weighted by Crippen LogP contribution is 2.34. The minimum Gasteiger partial charge on any atom is -0.369 e. The van der Waals surface area contributed by atoms with E-state index in [1.54, 1.807) is 24.3 Å². The highest BCUT2D eigenvalue weighted by atomic mass is 16.7. The van der Waals surface area contributed by atoms with Crippen molar-refractivity contribution in [2.45, 2.75) is 44.3 Å². The summed E-state index contributed by atoms with van der Waals surface area (Å²) >= 11 is 0. The van der Waals surface area contributed by atoms with Gasteiger partial charge in [-0.1, -0.05) is 12.2 Å². The lowest BCUT2D eigenvalue weighted by Gasteiger charge is -2.46. The Hall–Kier alpha value is -1.17. The fraction of sp³-hybridized carbons (Fsp3) is 0.643. The summed E-state index contributed by atoms with van der Waals surface area (Å²) in [6.45, 7) is 7.85. The summed E-state index contributed by atoms with van der Waals surface area (Å²) < 4.78 is 16.6. The van der Waals surface area contributed by atoms with E-state index in [1.807, 2.05) is 19.9 Å². The number of carbonyl (C=O) groups is 1. The molecule has 0 aromatic heterocycles. The normalized spacial score (nSPS) is 33.7. The van der Waals surface area contributed by atoms with Crippen LogP contribution in [0.4, 0.5) is 0 Å². The number of carbonyl (C=O) groups excluding carboxylic acids is 1. The number of likely N-dealkylation sites (tertiary alicyclic amines) is 1. The average molecular weight is 267 g/mol. The molecule has 5 nitrogen and oxygen atoms in total. The van der Waals surface area contributed by atoms with Crippen LogP contribution in [-0.4, -0.2) is 48.6 Å². The highest BCUT2D eigenvalue weighted by molar-refractivity contribution is 5.89. The van der Waals surface area contributed by atoms with Crippen LogP contribution in [0.3, 0.4) is 0 Å². The molecule has 0 bridgehead atoms. The van der Waals surface area contributed by atoms with E-state index in [1.165, 1.54) is 0 Å². The van der Waals surface area contributed by atoms with E-state index in [0.717, 1.165) is 6.42 Å². The maximum atomic E-state index is 11.9. The standard InChI is InChI=1S/C14H21NO4/c1-5-6-7-8-15-11(12(17-4)13(15)16)10-9-18-14(2,3)19-10/h5,7-8,10-12H,1,6,9H2,2-4H3/b8-7+/t10-,11+,12-/m1/s1. The van der Waals surface area contributed by atoms with Gasteiger partial charge in [-0.3, -0.25) is 4.79 Å². The predicted octanol–water partition coefficient (Wildman–Crippen LogP) is 1.45. The van der Waals surface area contributed by atoms with Gasteiger partial charge < -0.3 is 19.1 Å². The van der Waals surface area contributed by atoms with Gasteiger partial charge in [0.25, 0.3) is 5.91 Å². The number of nitrogens with zero attached hydrogens (tertiary/aromatic N) is 1. The molecule has 0 saturated carbocycles. The van der Waals surface area contributed by atoms with Gasteiger partial charge in [0, 0.05) is 13.3 Å². The van der Waals surface area contributed by atoms with E-state index in [-0.39, 0.29) is 18.1 Å². The molecule has 2 saturated heterocycles. The second-order valence-corrected chi connectivity index (χ2v) is 5.17. The van der Waals surface area contributed by atoms with Crippen molar-refractivity contribution in [3.05, 3.63) is 24.9 Å². The largest absolute Gasteiger partial charge is 0.369 e. The molecule has 0 aliphatic carbocycles. The lowest BCUT2D eigenvalue weighted by atomic mass is 9.93. The molecule has 0 spiro atoms. The quantitative estimate of drug-likeness (QED) is 0.559. The second-order valence-electron chi connectivity index (χ2n) is 5.17. The van der Waals surface area contributed by atoms with E-state index in [2.05, 4.69) is 6.58 Å². The number of allylic oxidation sites excluding steroid dienone is 2. The minimum absolute atomic E-state index is 0.0406. The fourth-order valence-corrected chi connectivity index (χ4v) is 2.45. The Kier molecular flexibility index (Phi) is 4.08. The molecule has 0 radical (unpaired) electrons. The molecule has 2 rings (SSSR count). The van der Waals surface area contributed by atoms with Crippen LogP contribution in [-0.2, 0) is 19.0 Å². The second kappa shape index (κ2) is 5.45. The third-order valence-electron chi connectivity index (χ3n) is 3.36. The van der Waals surface area contributed by atoms with Crippen LogP contribution in [0.15, 0.2) is 24.9 Å². The molecule has 0 unspecified atom stereocenters. The molecule has 106 valence electrons. The zero-order valence-corrected chi connectivity index (χ0v) is 11.7. The Morgan fingerprint density at radius 2 is 2.32 bits per heavy atom. The topological polar surface area (TPSA) is 48.0 Å². The van der Waals surface area contributed by atoms with Crippen LogP contribution in [0, 0.1) is 0 Å². The first-order chi connectivity index (χ1) is 9.00. The molecule has 2 fully saturated rings. The van der Waals surface area contributed by atoms with Crippen molar-refractivity contribution in [3.63, 3.8) is 0 Å². The summed E-state index contributed by atoms with van der Waals surface area (Å²) in [5, 5.41) is 0. The zero-order chi connectivity index (χ0) is 14.0. The molecule has 3 atom stereocenters. The molecule has 0 aromatic carbocycles. The van der Waals surface area contributed by atoms with E-state index in [9.17, 15) is 4.79 Å². The van der Waals surface area contributed by atoms with Crippen LogP contribution < -0.4 is 0 Å². The summed E-state index contributed by atoms with van der Waals surface area (Å²) in [4.78, 5) is 13.6. The summed E-state index contributed by atoms with van der Waals surface area (Å²) in [6, 6.07) is -0.125. The lowest BCUT2D eigenvalue weighted by molar-refractivity contribution is -0.186. The van der Waals surface area contributed by atoms with Gasteiger partial charge in [0.15, 0.2) is 11.9 Å². The summed E-state index contributed by atoms with van der Waals surface area (Å²) in [7, 11) is 1.54. The molecule has 0 aromatic rings. The van der Waals surface area contributed by atoms with Crippen LogP contribution in [0.25, 0.3) is 0 Å². The SMILES string of the molecule is C=CC/C=C/N1C(=O)[C@H](OC)[C@@H]1[C@H]1COC(C)(C)O1. The Bertz CT molecular complexity index is 391. The molecule has 2 aliphatic heterocycles. The number of hydrogen-bond donors (Lipinski definition) is 0. The Labute approximate surface area is 113 Å².